The summed E-state index contributed by atoms with van der Waals surface area (Å²) in [6.07, 6.45) is 2.00. The van der Waals surface area contributed by atoms with Crippen LogP contribution in [-0.2, 0) is 11.2 Å². The van der Waals surface area contributed by atoms with Gasteiger partial charge in [-0.15, -0.1) is 11.8 Å². The molecule has 0 saturated heterocycles. The van der Waals surface area contributed by atoms with Crippen molar-refractivity contribution in [2.24, 2.45) is 5.73 Å². The highest BCUT2D eigenvalue weighted by Crippen LogP contribution is 2.35. The van der Waals surface area contributed by atoms with E-state index in [2.05, 4.69) is 12.1 Å². The predicted octanol–water partition coefficient (Wildman–Crippen LogP) is 2.03. The molecule has 1 atom stereocenters. The quantitative estimate of drug-likeness (QED) is 0.893. The minimum Gasteiger partial charge on any atom is -0.328 e. The maximum Gasteiger partial charge on any atom is 0.237 e. The summed E-state index contributed by atoms with van der Waals surface area (Å²) in [6.45, 7) is 2.03. The van der Waals surface area contributed by atoms with Crippen molar-refractivity contribution >= 4 is 23.4 Å². The molecule has 1 heterocycles. The maximum absolute atomic E-state index is 11.5. The first-order chi connectivity index (χ1) is 8.08. The number of benzene rings is 1. The molecule has 3 nitrogen and oxygen atoms in total. The molecular formula is C13H18N2OS. The second-order valence-electron chi connectivity index (χ2n) is 4.56. The highest BCUT2D eigenvalue weighted by Gasteiger charge is 2.21. The number of amides is 1. The van der Waals surface area contributed by atoms with E-state index in [1.807, 2.05) is 20.0 Å². The lowest BCUT2D eigenvalue weighted by Gasteiger charge is -2.25. The Hall–Kier alpha value is -1.00. The number of hydrogen-bond donors (Lipinski definition) is 1. The van der Waals surface area contributed by atoms with Gasteiger partial charge in [-0.1, -0.05) is 6.07 Å². The summed E-state index contributed by atoms with van der Waals surface area (Å²) in [4.78, 5) is 14.5. The Balaban J connectivity index is 2.17. The number of thioether (sulfide) groups is 1. The van der Waals surface area contributed by atoms with Gasteiger partial charge in [0.05, 0.1) is 11.4 Å². The number of nitrogens with two attached hydrogens (primary N) is 1. The molecule has 0 fully saturated rings. The van der Waals surface area contributed by atoms with E-state index in [0.717, 1.165) is 18.5 Å². The molecule has 1 aliphatic rings. The lowest BCUT2D eigenvalue weighted by molar-refractivity contribution is -0.116. The van der Waals surface area contributed by atoms with E-state index < -0.39 is 0 Å². The van der Waals surface area contributed by atoms with Gasteiger partial charge in [-0.3, -0.25) is 4.79 Å². The van der Waals surface area contributed by atoms with Crippen molar-refractivity contribution in [3.05, 3.63) is 23.8 Å². The number of nitrogens with zero attached hydrogens (tertiary/aromatic N) is 1. The third kappa shape index (κ3) is 2.82. The summed E-state index contributed by atoms with van der Waals surface area (Å²) in [6, 6.07) is 6.56. The van der Waals surface area contributed by atoms with Crippen LogP contribution >= 0.6 is 11.8 Å². The molecule has 0 radical (unpaired) electrons. The molecule has 0 aliphatic carbocycles. The van der Waals surface area contributed by atoms with Gasteiger partial charge < -0.3 is 10.6 Å². The lowest BCUT2D eigenvalue weighted by Crippen LogP contribution is -2.31. The number of carbonyl (C=O) groups excluding carboxylic acids is 1. The first-order valence-corrected chi connectivity index (χ1v) is 6.84. The number of fused-ring (bicyclic) bond motifs is 1. The summed E-state index contributed by atoms with van der Waals surface area (Å²) >= 11 is 1.63. The average molecular weight is 250 g/mol. The van der Waals surface area contributed by atoms with Crippen LogP contribution < -0.4 is 10.6 Å². The minimum atomic E-state index is 0.172. The van der Waals surface area contributed by atoms with Gasteiger partial charge in [-0.2, -0.15) is 0 Å². The highest BCUT2D eigenvalue weighted by molar-refractivity contribution is 8.00. The molecule has 1 aliphatic heterocycles. The van der Waals surface area contributed by atoms with Crippen LogP contribution in [0, 0.1) is 0 Å². The van der Waals surface area contributed by atoms with Crippen molar-refractivity contribution in [2.45, 2.75) is 30.7 Å². The van der Waals surface area contributed by atoms with Gasteiger partial charge in [-0.05, 0) is 37.5 Å². The van der Waals surface area contributed by atoms with Crippen molar-refractivity contribution in [1.82, 2.24) is 0 Å². The Bertz CT molecular complexity index is 431. The summed E-state index contributed by atoms with van der Waals surface area (Å²) in [5.41, 5.74) is 8.09. The molecular weight excluding hydrogens is 232 g/mol. The van der Waals surface area contributed by atoms with Gasteiger partial charge in [0.25, 0.3) is 0 Å². The second kappa shape index (κ2) is 5.10. The van der Waals surface area contributed by atoms with Crippen molar-refractivity contribution in [3.8, 4) is 0 Å². The summed E-state index contributed by atoms with van der Waals surface area (Å²) in [5, 5.41) is 0. The zero-order valence-corrected chi connectivity index (χ0v) is 11.1. The maximum atomic E-state index is 11.5. The van der Waals surface area contributed by atoms with E-state index in [9.17, 15) is 4.79 Å². The number of hydrogen-bond acceptors (Lipinski definition) is 3. The van der Waals surface area contributed by atoms with Crippen LogP contribution in [0.3, 0.4) is 0 Å². The Kier molecular flexibility index (Phi) is 3.74. The fourth-order valence-electron chi connectivity index (χ4n) is 1.87. The van der Waals surface area contributed by atoms with Crippen molar-refractivity contribution in [1.29, 1.82) is 0 Å². The fraction of sp³-hybridized carbons (Fsp3) is 0.462. The monoisotopic (exact) mass is 250 g/mol. The van der Waals surface area contributed by atoms with Gasteiger partial charge in [0, 0.05) is 18.0 Å². The van der Waals surface area contributed by atoms with E-state index in [4.69, 9.17) is 5.73 Å². The smallest absolute Gasteiger partial charge is 0.237 e. The van der Waals surface area contributed by atoms with Crippen molar-refractivity contribution in [2.75, 3.05) is 17.7 Å². The average Bonchev–Trinajstić information content (AvgIpc) is 2.31. The van der Waals surface area contributed by atoms with Crippen LogP contribution in [0.5, 0.6) is 0 Å². The van der Waals surface area contributed by atoms with Crippen LogP contribution in [0.15, 0.2) is 23.1 Å². The van der Waals surface area contributed by atoms with Crippen LogP contribution in [0.4, 0.5) is 5.69 Å². The minimum absolute atomic E-state index is 0.172. The Morgan fingerprint density at radius 1 is 1.53 bits per heavy atom. The third-order valence-electron chi connectivity index (χ3n) is 3.00. The third-order valence-corrected chi connectivity index (χ3v) is 4.03. The van der Waals surface area contributed by atoms with Gasteiger partial charge in [-0.25, -0.2) is 0 Å². The van der Waals surface area contributed by atoms with E-state index in [0.29, 0.717) is 5.75 Å². The molecule has 2 N–H and O–H groups in total. The predicted molar refractivity (Wildman–Crippen MR) is 72.5 cm³/mol. The van der Waals surface area contributed by atoms with Gasteiger partial charge in [0.15, 0.2) is 0 Å². The fourth-order valence-corrected chi connectivity index (χ4v) is 2.93. The zero-order chi connectivity index (χ0) is 12.4. The summed E-state index contributed by atoms with van der Waals surface area (Å²) in [5.74, 6) is 0.714. The molecule has 1 unspecified atom stereocenters. The number of rotatable bonds is 3. The Labute approximate surface area is 106 Å². The first kappa shape index (κ1) is 12.5. The first-order valence-electron chi connectivity index (χ1n) is 5.86. The van der Waals surface area contributed by atoms with E-state index in [1.165, 1.54) is 10.5 Å². The molecule has 2 rings (SSSR count). The standard InChI is InChI=1S/C13H18N2OS/c1-9(14)3-4-10-5-6-11-12(7-10)17-8-13(16)15(11)2/h5-7,9H,3-4,8,14H2,1-2H3. The normalized spacial score (nSPS) is 16.9. The molecule has 1 aromatic rings. The molecule has 0 bridgehead atoms. The molecule has 1 aromatic carbocycles. The van der Waals surface area contributed by atoms with Crippen LogP contribution in [0.1, 0.15) is 18.9 Å². The van der Waals surface area contributed by atoms with Crippen molar-refractivity contribution < 1.29 is 4.79 Å². The van der Waals surface area contributed by atoms with Gasteiger partial charge in [0.1, 0.15) is 0 Å². The second-order valence-corrected chi connectivity index (χ2v) is 5.58. The molecule has 4 heteroatoms. The molecule has 0 aromatic heterocycles. The summed E-state index contributed by atoms with van der Waals surface area (Å²) in [7, 11) is 1.84. The number of aryl methyl sites for hydroxylation is 1. The summed E-state index contributed by atoms with van der Waals surface area (Å²) < 4.78 is 0. The molecule has 1 amide bonds. The topological polar surface area (TPSA) is 46.3 Å². The largest absolute Gasteiger partial charge is 0.328 e. The van der Waals surface area contributed by atoms with Crippen LogP contribution in [0.25, 0.3) is 0 Å². The van der Waals surface area contributed by atoms with Crippen LogP contribution in [-0.4, -0.2) is 24.7 Å². The lowest BCUT2D eigenvalue weighted by atomic mass is 10.1. The van der Waals surface area contributed by atoms with E-state index >= 15 is 0 Å². The van der Waals surface area contributed by atoms with Gasteiger partial charge >= 0.3 is 0 Å². The van der Waals surface area contributed by atoms with Gasteiger partial charge in [0.2, 0.25) is 5.91 Å². The van der Waals surface area contributed by atoms with E-state index in [1.54, 1.807) is 16.7 Å². The highest BCUT2D eigenvalue weighted by atomic mass is 32.2. The Morgan fingerprint density at radius 3 is 3.00 bits per heavy atom. The van der Waals surface area contributed by atoms with Crippen molar-refractivity contribution in [3.63, 3.8) is 0 Å². The number of anilines is 1. The van der Waals surface area contributed by atoms with E-state index in [-0.39, 0.29) is 11.9 Å². The van der Waals surface area contributed by atoms with Crippen LogP contribution in [0.2, 0.25) is 0 Å². The SMILES string of the molecule is CC(N)CCc1ccc2c(c1)SCC(=O)N2C. The molecule has 0 saturated carbocycles. The number of carbonyl (C=O) groups is 1. The molecule has 17 heavy (non-hydrogen) atoms. The molecule has 92 valence electrons. The Morgan fingerprint density at radius 2 is 2.29 bits per heavy atom. The zero-order valence-electron chi connectivity index (χ0n) is 10.3. The molecule has 0 spiro atoms.